The molecule has 2 aromatic rings. The molecule has 0 unspecified atom stereocenters. The second-order valence-corrected chi connectivity index (χ2v) is 4.30. The number of aryl methyl sites for hydroxylation is 1. The maximum atomic E-state index is 11.6. The summed E-state index contributed by atoms with van der Waals surface area (Å²) in [7, 11) is 0. The standard InChI is InChI=1S/C12H17N5O/c1-2-3-4-5-6-8-7-14-10-9(15-8)11(18)17-12(13)16-10/h7H,2-6H2,1H3,(H3,13,14,16,17,18). The Morgan fingerprint density at radius 2 is 2.11 bits per heavy atom. The van der Waals surface area contributed by atoms with Gasteiger partial charge in [0.25, 0.3) is 5.56 Å². The summed E-state index contributed by atoms with van der Waals surface area (Å²) in [6.07, 6.45) is 7.17. The maximum absolute atomic E-state index is 11.6. The zero-order chi connectivity index (χ0) is 13.0. The summed E-state index contributed by atoms with van der Waals surface area (Å²) in [6, 6.07) is 0. The number of nitrogen functional groups attached to an aromatic ring is 1. The number of nitrogens with one attached hydrogen (secondary N) is 1. The molecule has 0 radical (unpaired) electrons. The second kappa shape index (κ2) is 5.57. The van der Waals surface area contributed by atoms with E-state index in [2.05, 4.69) is 26.9 Å². The van der Waals surface area contributed by atoms with Crippen molar-refractivity contribution in [1.29, 1.82) is 0 Å². The van der Waals surface area contributed by atoms with Crippen LogP contribution in [0.2, 0.25) is 0 Å². The summed E-state index contributed by atoms with van der Waals surface area (Å²) in [5, 5.41) is 0. The quantitative estimate of drug-likeness (QED) is 0.779. The van der Waals surface area contributed by atoms with Crippen LogP contribution in [0.4, 0.5) is 5.95 Å². The average molecular weight is 247 g/mol. The van der Waals surface area contributed by atoms with Crippen LogP contribution >= 0.6 is 0 Å². The van der Waals surface area contributed by atoms with E-state index < -0.39 is 0 Å². The Kier molecular flexibility index (Phi) is 3.86. The number of H-pyrrole nitrogens is 1. The van der Waals surface area contributed by atoms with Crippen LogP contribution < -0.4 is 11.3 Å². The molecule has 0 saturated carbocycles. The van der Waals surface area contributed by atoms with E-state index in [1.165, 1.54) is 19.3 Å². The van der Waals surface area contributed by atoms with Crippen molar-refractivity contribution >= 4 is 17.1 Å². The third-order valence-corrected chi connectivity index (χ3v) is 2.77. The highest BCUT2D eigenvalue weighted by atomic mass is 16.1. The number of nitrogens with two attached hydrogens (primary N) is 1. The van der Waals surface area contributed by atoms with E-state index in [-0.39, 0.29) is 17.0 Å². The summed E-state index contributed by atoms with van der Waals surface area (Å²) in [4.78, 5) is 26.4. The minimum absolute atomic E-state index is 0.0671. The molecule has 0 saturated heterocycles. The lowest BCUT2D eigenvalue weighted by Gasteiger charge is -2.02. The van der Waals surface area contributed by atoms with Crippen LogP contribution in [-0.4, -0.2) is 19.9 Å². The molecule has 0 atom stereocenters. The van der Waals surface area contributed by atoms with Crippen LogP contribution in [0.3, 0.4) is 0 Å². The maximum Gasteiger partial charge on any atom is 0.280 e. The molecule has 0 fully saturated rings. The Morgan fingerprint density at radius 1 is 1.28 bits per heavy atom. The molecule has 96 valence electrons. The van der Waals surface area contributed by atoms with Crippen molar-refractivity contribution in [3.8, 4) is 0 Å². The molecular weight excluding hydrogens is 230 g/mol. The SMILES string of the molecule is CCCCCCc1cnc2nc(N)[nH]c(=O)c2n1. The molecule has 6 nitrogen and oxygen atoms in total. The Hall–Kier alpha value is -1.98. The van der Waals surface area contributed by atoms with Crippen molar-refractivity contribution in [3.63, 3.8) is 0 Å². The predicted octanol–water partition coefficient (Wildman–Crippen LogP) is 1.42. The Morgan fingerprint density at radius 3 is 2.89 bits per heavy atom. The monoisotopic (exact) mass is 247 g/mol. The number of aromatic nitrogens is 4. The van der Waals surface area contributed by atoms with Crippen molar-refractivity contribution in [1.82, 2.24) is 19.9 Å². The Labute approximate surface area is 105 Å². The van der Waals surface area contributed by atoms with Crippen molar-refractivity contribution in [2.75, 3.05) is 5.73 Å². The number of nitrogens with zero attached hydrogens (tertiary/aromatic N) is 3. The molecule has 0 aromatic carbocycles. The lowest BCUT2D eigenvalue weighted by Crippen LogP contribution is -2.14. The van der Waals surface area contributed by atoms with Crippen molar-refractivity contribution in [3.05, 3.63) is 22.2 Å². The van der Waals surface area contributed by atoms with Gasteiger partial charge in [-0.05, 0) is 12.8 Å². The van der Waals surface area contributed by atoms with Gasteiger partial charge >= 0.3 is 0 Å². The van der Waals surface area contributed by atoms with Crippen LogP contribution in [0, 0.1) is 0 Å². The molecule has 0 aliphatic heterocycles. The van der Waals surface area contributed by atoms with Gasteiger partial charge in [-0.3, -0.25) is 9.78 Å². The molecule has 0 amide bonds. The van der Waals surface area contributed by atoms with E-state index in [4.69, 9.17) is 5.73 Å². The highest BCUT2D eigenvalue weighted by Gasteiger charge is 2.06. The van der Waals surface area contributed by atoms with Crippen molar-refractivity contribution in [2.24, 2.45) is 0 Å². The van der Waals surface area contributed by atoms with Crippen LogP contribution in [0.5, 0.6) is 0 Å². The van der Waals surface area contributed by atoms with Crippen LogP contribution in [0.25, 0.3) is 11.2 Å². The van der Waals surface area contributed by atoms with Gasteiger partial charge in [-0.15, -0.1) is 0 Å². The van der Waals surface area contributed by atoms with Crippen LogP contribution in [0.15, 0.2) is 11.0 Å². The molecule has 0 aliphatic carbocycles. The fraction of sp³-hybridized carbons (Fsp3) is 0.500. The smallest absolute Gasteiger partial charge is 0.280 e. The minimum atomic E-state index is -0.333. The summed E-state index contributed by atoms with van der Waals surface area (Å²) in [5.41, 5.74) is 6.50. The molecule has 2 heterocycles. The van der Waals surface area contributed by atoms with E-state index in [9.17, 15) is 4.79 Å². The summed E-state index contributed by atoms with van der Waals surface area (Å²) >= 11 is 0. The largest absolute Gasteiger partial charge is 0.369 e. The van der Waals surface area contributed by atoms with Gasteiger partial charge in [-0.25, -0.2) is 9.97 Å². The average Bonchev–Trinajstić information content (AvgIpc) is 2.35. The fourth-order valence-corrected chi connectivity index (χ4v) is 1.82. The zero-order valence-corrected chi connectivity index (χ0v) is 10.4. The Bertz CT molecular complexity index is 593. The van der Waals surface area contributed by atoms with Crippen LogP contribution in [0.1, 0.15) is 38.3 Å². The first-order valence-electron chi connectivity index (χ1n) is 6.22. The number of anilines is 1. The highest BCUT2D eigenvalue weighted by Crippen LogP contribution is 2.07. The first kappa shape index (κ1) is 12.5. The normalized spacial score (nSPS) is 10.9. The molecule has 0 spiro atoms. The first-order valence-corrected chi connectivity index (χ1v) is 6.22. The van der Waals surface area contributed by atoms with Gasteiger partial charge in [0.1, 0.15) is 0 Å². The molecule has 2 rings (SSSR count). The lowest BCUT2D eigenvalue weighted by molar-refractivity contribution is 0.660. The predicted molar refractivity (Wildman–Crippen MR) is 70.2 cm³/mol. The van der Waals surface area contributed by atoms with Gasteiger partial charge in [0.05, 0.1) is 11.9 Å². The topological polar surface area (TPSA) is 97.5 Å². The first-order chi connectivity index (χ1) is 8.70. The minimum Gasteiger partial charge on any atom is -0.369 e. The summed E-state index contributed by atoms with van der Waals surface area (Å²) in [6.45, 7) is 2.17. The van der Waals surface area contributed by atoms with Gasteiger partial charge in [0, 0.05) is 0 Å². The van der Waals surface area contributed by atoms with Gasteiger partial charge in [-0.1, -0.05) is 26.2 Å². The van der Waals surface area contributed by atoms with E-state index >= 15 is 0 Å². The third kappa shape index (κ3) is 2.82. The zero-order valence-electron chi connectivity index (χ0n) is 10.4. The van der Waals surface area contributed by atoms with Gasteiger partial charge in [0.15, 0.2) is 11.2 Å². The van der Waals surface area contributed by atoms with Crippen LogP contribution in [-0.2, 0) is 6.42 Å². The highest BCUT2D eigenvalue weighted by molar-refractivity contribution is 5.69. The third-order valence-electron chi connectivity index (χ3n) is 2.77. The van der Waals surface area contributed by atoms with Gasteiger partial charge in [0.2, 0.25) is 5.95 Å². The van der Waals surface area contributed by atoms with E-state index in [1.54, 1.807) is 6.20 Å². The molecular formula is C12H17N5O. The number of hydrogen-bond donors (Lipinski definition) is 2. The number of rotatable bonds is 5. The molecule has 18 heavy (non-hydrogen) atoms. The van der Waals surface area contributed by atoms with E-state index in [0.717, 1.165) is 18.5 Å². The number of aromatic amines is 1. The number of unbranched alkanes of at least 4 members (excludes halogenated alkanes) is 3. The summed E-state index contributed by atoms with van der Waals surface area (Å²) < 4.78 is 0. The lowest BCUT2D eigenvalue weighted by atomic mass is 10.1. The van der Waals surface area contributed by atoms with E-state index in [0.29, 0.717) is 5.65 Å². The van der Waals surface area contributed by atoms with E-state index in [1.807, 2.05) is 0 Å². The fourth-order valence-electron chi connectivity index (χ4n) is 1.82. The van der Waals surface area contributed by atoms with Crippen molar-refractivity contribution < 1.29 is 0 Å². The van der Waals surface area contributed by atoms with Crippen molar-refractivity contribution in [2.45, 2.75) is 39.0 Å². The Balaban J connectivity index is 2.19. The number of hydrogen-bond acceptors (Lipinski definition) is 5. The van der Waals surface area contributed by atoms with Gasteiger partial charge in [-0.2, -0.15) is 4.98 Å². The molecule has 2 aromatic heterocycles. The summed E-state index contributed by atoms with van der Waals surface area (Å²) in [5.74, 6) is 0.0671. The second-order valence-electron chi connectivity index (χ2n) is 4.30. The molecule has 0 aliphatic rings. The molecule has 3 N–H and O–H groups in total. The molecule has 0 bridgehead atoms. The van der Waals surface area contributed by atoms with Gasteiger partial charge < -0.3 is 5.73 Å². The number of fused-ring (bicyclic) bond motifs is 1. The molecule has 6 heteroatoms.